The van der Waals surface area contributed by atoms with E-state index in [9.17, 15) is 8.42 Å². The van der Waals surface area contributed by atoms with Gasteiger partial charge in [0.1, 0.15) is 15.6 Å². The number of sulfone groups is 1. The summed E-state index contributed by atoms with van der Waals surface area (Å²) in [5.74, 6) is 1.61. The predicted octanol–water partition coefficient (Wildman–Crippen LogP) is 1.18. The van der Waals surface area contributed by atoms with Gasteiger partial charge in [-0.25, -0.2) is 8.42 Å². The quantitative estimate of drug-likeness (QED) is 0.581. The Balaban J connectivity index is 2.48. The van der Waals surface area contributed by atoms with Gasteiger partial charge in [-0.2, -0.15) is 0 Å². The molecule has 0 aliphatic carbocycles. The van der Waals surface area contributed by atoms with Gasteiger partial charge in [-0.15, -0.1) is 0 Å². The molecule has 0 heterocycles. The van der Waals surface area contributed by atoms with E-state index in [1.807, 2.05) is 31.2 Å². The summed E-state index contributed by atoms with van der Waals surface area (Å²) in [5, 5.41) is 6.38. The van der Waals surface area contributed by atoms with Crippen molar-refractivity contribution >= 4 is 15.8 Å². The first-order valence-electron chi connectivity index (χ1n) is 7.12. The molecule has 1 unspecified atom stereocenters. The molecule has 124 valence electrons. The Morgan fingerprint density at radius 3 is 2.73 bits per heavy atom. The highest BCUT2D eigenvalue weighted by molar-refractivity contribution is 7.90. The second kappa shape index (κ2) is 8.63. The molecule has 1 rings (SSSR count). The van der Waals surface area contributed by atoms with Gasteiger partial charge in [-0.05, 0) is 31.0 Å². The topological polar surface area (TPSA) is 79.8 Å². The lowest BCUT2D eigenvalue weighted by Gasteiger charge is -2.17. The normalized spacial score (nSPS) is 13.5. The Hall–Kier alpha value is -1.76. The molecular weight excluding hydrogens is 302 g/mol. The lowest BCUT2D eigenvalue weighted by atomic mass is 10.2. The second-order valence-corrected chi connectivity index (χ2v) is 7.50. The van der Waals surface area contributed by atoms with Crippen LogP contribution in [0.3, 0.4) is 0 Å². The number of guanidine groups is 1. The van der Waals surface area contributed by atoms with E-state index in [0.29, 0.717) is 18.9 Å². The summed E-state index contributed by atoms with van der Waals surface area (Å²) in [5.41, 5.74) is 1.08. The first-order valence-corrected chi connectivity index (χ1v) is 9.18. The molecule has 6 nitrogen and oxygen atoms in total. The highest BCUT2D eigenvalue weighted by atomic mass is 32.2. The molecule has 7 heteroatoms. The third-order valence-corrected chi connectivity index (χ3v) is 4.10. The fourth-order valence-electron chi connectivity index (χ4n) is 1.86. The lowest BCUT2D eigenvalue weighted by molar-refractivity contribution is 0.414. The number of hydrogen-bond donors (Lipinski definition) is 2. The van der Waals surface area contributed by atoms with Crippen molar-refractivity contribution in [3.8, 4) is 5.75 Å². The third kappa shape index (κ3) is 7.31. The number of nitrogens with one attached hydrogen (secondary N) is 2. The van der Waals surface area contributed by atoms with Crippen LogP contribution in [0.25, 0.3) is 0 Å². The van der Waals surface area contributed by atoms with Crippen LogP contribution in [-0.2, 0) is 16.4 Å². The second-order valence-electron chi connectivity index (χ2n) is 5.24. The number of methoxy groups -OCH3 is 1. The number of benzene rings is 1. The van der Waals surface area contributed by atoms with Gasteiger partial charge in [-0.3, -0.25) is 4.99 Å². The van der Waals surface area contributed by atoms with Crippen molar-refractivity contribution in [2.75, 3.05) is 26.2 Å². The zero-order valence-electron chi connectivity index (χ0n) is 13.6. The summed E-state index contributed by atoms with van der Waals surface area (Å²) in [6.45, 7) is 2.54. The minimum absolute atomic E-state index is 0.0197. The Kier molecular flexibility index (Phi) is 7.17. The minimum Gasteiger partial charge on any atom is -0.497 e. The standard InChI is InChI=1S/C15H25N3O3S/c1-12(8-9-22(4,19)20)18-15(16-2)17-11-13-6-5-7-14(10-13)21-3/h5-7,10,12H,8-9,11H2,1-4H3,(H2,16,17,18). The number of rotatable bonds is 7. The van der Waals surface area contributed by atoms with Crippen LogP contribution >= 0.6 is 0 Å². The molecular formula is C15H25N3O3S. The average molecular weight is 327 g/mol. The van der Waals surface area contributed by atoms with E-state index in [1.54, 1.807) is 14.2 Å². The van der Waals surface area contributed by atoms with Gasteiger partial charge >= 0.3 is 0 Å². The predicted molar refractivity (Wildman–Crippen MR) is 90.1 cm³/mol. The molecule has 0 fully saturated rings. The van der Waals surface area contributed by atoms with Crippen molar-refractivity contribution in [3.05, 3.63) is 29.8 Å². The zero-order valence-corrected chi connectivity index (χ0v) is 14.4. The summed E-state index contributed by atoms with van der Waals surface area (Å²) in [4.78, 5) is 4.14. The number of aliphatic imine (C=N–C) groups is 1. The van der Waals surface area contributed by atoms with Crippen molar-refractivity contribution in [3.63, 3.8) is 0 Å². The van der Waals surface area contributed by atoms with E-state index in [4.69, 9.17) is 4.74 Å². The first-order chi connectivity index (χ1) is 10.3. The lowest BCUT2D eigenvalue weighted by Crippen LogP contribution is -2.42. The number of ether oxygens (including phenoxy) is 1. The maximum Gasteiger partial charge on any atom is 0.191 e. The van der Waals surface area contributed by atoms with Crippen molar-refractivity contribution in [2.24, 2.45) is 4.99 Å². The fourth-order valence-corrected chi connectivity index (χ4v) is 2.64. The summed E-state index contributed by atoms with van der Waals surface area (Å²) in [7, 11) is 0.381. The maximum atomic E-state index is 11.2. The van der Waals surface area contributed by atoms with Crippen molar-refractivity contribution < 1.29 is 13.2 Å². The molecule has 0 saturated heterocycles. The van der Waals surface area contributed by atoms with E-state index in [1.165, 1.54) is 6.26 Å². The molecule has 2 N–H and O–H groups in total. The van der Waals surface area contributed by atoms with E-state index in [-0.39, 0.29) is 11.8 Å². The van der Waals surface area contributed by atoms with Crippen LogP contribution in [0.1, 0.15) is 18.9 Å². The fraction of sp³-hybridized carbons (Fsp3) is 0.533. The molecule has 0 aliphatic heterocycles. The molecule has 0 bridgehead atoms. The third-order valence-electron chi connectivity index (χ3n) is 3.12. The van der Waals surface area contributed by atoms with Crippen molar-refractivity contribution in [2.45, 2.75) is 25.9 Å². The van der Waals surface area contributed by atoms with Crippen molar-refractivity contribution in [1.82, 2.24) is 10.6 Å². The van der Waals surface area contributed by atoms with E-state index in [0.717, 1.165) is 11.3 Å². The van der Waals surface area contributed by atoms with Crippen LogP contribution < -0.4 is 15.4 Å². The first kappa shape index (κ1) is 18.3. The average Bonchev–Trinajstić information content (AvgIpc) is 2.48. The Morgan fingerprint density at radius 1 is 1.41 bits per heavy atom. The Bertz CT molecular complexity index is 600. The number of nitrogens with zero attached hydrogens (tertiary/aromatic N) is 1. The Morgan fingerprint density at radius 2 is 2.14 bits per heavy atom. The van der Waals surface area contributed by atoms with Crippen molar-refractivity contribution in [1.29, 1.82) is 0 Å². The Labute approximate surface area is 132 Å². The summed E-state index contributed by atoms with van der Waals surface area (Å²) in [6.07, 6.45) is 1.79. The summed E-state index contributed by atoms with van der Waals surface area (Å²) < 4.78 is 27.5. The highest BCUT2D eigenvalue weighted by Gasteiger charge is 2.09. The summed E-state index contributed by atoms with van der Waals surface area (Å²) in [6, 6.07) is 7.79. The molecule has 1 atom stereocenters. The van der Waals surface area contributed by atoms with E-state index < -0.39 is 9.84 Å². The molecule has 1 aromatic rings. The molecule has 1 aromatic carbocycles. The van der Waals surface area contributed by atoms with E-state index in [2.05, 4.69) is 15.6 Å². The minimum atomic E-state index is -2.94. The van der Waals surface area contributed by atoms with Crippen LogP contribution in [0, 0.1) is 0 Å². The van der Waals surface area contributed by atoms with Gasteiger partial charge < -0.3 is 15.4 Å². The highest BCUT2D eigenvalue weighted by Crippen LogP contribution is 2.12. The monoisotopic (exact) mass is 327 g/mol. The smallest absolute Gasteiger partial charge is 0.191 e. The van der Waals surface area contributed by atoms with Crippen LogP contribution in [-0.4, -0.2) is 46.6 Å². The van der Waals surface area contributed by atoms with Gasteiger partial charge in [-0.1, -0.05) is 12.1 Å². The molecule has 0 aliphatic rings. The zero-order chi connectivity index (χ0) is 16.6. The molecule has 0 aromatic heterocycles. The van der Waals surface area contributed by atoms with Crippen LogP contribution in [0.15, 0.2) is 29.3 Å². The van der Waals surface area contributed by atoms with Gasteiger partial charge in [0.2, 0.25) is 0 Å². The van der Waals surface area contributed by atoms with Gasteiger partial charge in [0, 0.05) is 25.9 Å². The molecule has 0 saturated carbocycles. The molecule has 0 radical (unpaired) electrons. The van der Waals surface area contributed by atoms with Gasteiger partial charge in [0.15, 0.2) is 5.96 Å². The van der Waals surface area contributed by atoms with Crippen LogP contribution in [0.4, 0.5) is 0 Å². The summed E-state index contributed by atoms with van der Waals surface area (Å²) >= 11 is 0. The maximum absolute atomic E-state index is 11.2. The van der Waals surface area contributed by atoms with Gasteiger partial charge in [0.05, 0.1) is 12.9 Å². The van der Waals surface area contributed by atoms with E-state index >= 15 is 0 Å². The van der Waals surface area contributed by atoms with Gasteiger partial charge in [0.25, 0.3) is 0 Å². The number of hydrogen-bond acceptors (Lipinski definition) is 4. The largest absolute Gasteiger partial charge is 0.497 e. The van der Waals surface area contributed by atoms with Crippen LogP contribution in [0.2, 0.25) is 0 Å². The SMILES string of the molecule is CN=C(NCc1cccc(OC)c1)NC(C)CCS(C)(=O)=O. The molecule has 22 heavy (non-hydrogen) atoms. The molecule has 0 spiro atoms. The van der Waals surface area contributed by atoms with Crippen LogP contribution in [0.5, 0.6) is 5.75 Å². The molecule has 0 amide bonds.